The molecule has 0 heterocycles. The van der Waals surface area contributed by atoms with Crippen molar-refractivity contribution in [2.24, 2.45) is 17.6 Å². The summed E-state index contributed by atoms with van der Waals surface area (Å²) >= 11 is 0. The van der Waals surface area contributed by atoms with Gasteiger partial charge in [-0.2, -0.15) is 0 Å². The van der Waals surface area contributed by atoms with Gasteiger partial charge in [-0.15, -0.1) is 0 Å². The van der Waals surface area contributed by atoms with Gasteiger partial charge < -0.3 is 16.4 Å². The summed E-state index contributed by atoms with van der Waals surface area (Å²) in [6, 6.07) is 0.220. The molecule has 16 heavy (non-hydrogen) atoms. The normalized spacial score (nSPS) is 29.6. The van der Waals surface area contributed by atoms with Crippen molar-refractivity contribution in [1.29, 1.82) is 0 Å². The third-order valence-corrected chi connectivity index (χ3v) is 3.25. The van der Waals surface area contributed by atoms with E-state index in [1.807, 2.05) is 6.92 Å². The van der Waals surface area contributed by atoms with Gasteiger partial charge in [0.15, 0.2) is 0 Å². The van der Waals surface area contributed by atoms with Crippen LogP contribution in [-0.2, 0) is 9.59 Å². The standard InChI is InChI=1S/C11H21N3O2/c1-7-5-8(12)3-4-9(7)11(16)14-6-10(15)13-2/h7-9H,3-6,12H2,1-2H3,(H,13,15)(H,14,16). The number of likely N-dealkylation sites (N-methyl/N-ethyl adjacent to an activating group) is 1. The van der Waals surface area contributed by atoms with E-state index in [2.05, 4.69) is 10.6 Å². The molecule has 0 spiro atoms. The van der Waals surface area contributed by atoms with E-state index in [0.29, 0.717) is 5.92 Å². The van der Waals surface area contributed by atoms with Crippen LogP contribution in [0.2, 0.25) is 0 Å². The first-order valence-corrected chi connectivity index (χ1v) is 5.78. The van der Waals surface area contributed by atoms with E-state index in [1.54, 1.807) is 7.05 Å². The Labute approximate surface area is 96.1 Å². The molecular weight excluding hydrogens is 206 g/mol. The quantitative estimate of drug-likeness (QED) is 0.614. The number of nitrogens with one attached hydrogen (secondary N) is 2. The van der Waals surface area contributed by atoms with Crippen LogP contribution in [0.3, 0.4) is 0 Å². The summed E-state index contributed by atoms with van der Waals surface area (Å²) in [4.78, 5) is 22.8. The van der Waals surface area contributed by atoms with Crippen LogP contribution in [0.25, 0.3) is 0 Å². The molecule has 0 bridgehead atoms. The van der Waals surface area contributed by atoms with Gasteiger partial charge in [0.25, 0.3) is 0 Å². The molecule has 1 aliphatic carbocycles. The predicted molar refractivity (Wildman–Crippen MR) is 61.6 cm³/mol. The maximum Gasteiger partial charge on any atom is 0.239 e. The molecule has 2 amide bonds. The van der Waals surface area contributed by atoms with E-state index < -0.39 is 0 Å². The fourth-order valence-electron chi connectivity index (χ4n) is 2.21. The van der Waals surface area contributed by atoms with E-state index in [1.165, 1.54) is 0 Å². The summed E-state index contributed by atoms with van der Waals surface area (Å²) in [5, 5.41) is 5.12. The highest BCUT2D eigenvalue weighted by Gasteiger charge is 2.30. The zero-order valence-electron chi connectivity index (χ0n) is 9.95. The van der Waals surface area contributed by atoms with Crippen LogP contribution >= 0.6 is 0 Å². The van der Waals surface area contributed by atoms with Crippen LogP contribution in [0.5, 0.6) is 0 Å². The fraction of sp³-hybridized carbons (Fsp3) is 0.818. The minimum absolute atomic E-state index is 0.00413. The number of hydrogen-bond donors (Lipinski definition) is 3. The summed E-state index contributed by atoms with van der Waals surface area (Å²) in [6.45, 7) is 2.10. The monoisotopic (exact) mass is 227 g/mol. The molecule has 0 saturated heterocycles. The molecule has 0 aromatic heterocycles. The Morgan fingerprint density at radius 2 is 2.06 bits per heavy atom. The van der Waals surface area contributed by atoms with Crippen LogP contribution in [0.1, 0.15) is 26.2 Å². The molecule has 5 nitrogen and oxygen atoms in total. The lowest BCUT2D eigenvalue weighted by atomic mass is 9.78. The number of amides is 2. The molecule has 4 N–H and O–H groups in total. The summed E-state index contributed by atoms with van der Waals surface area (Å²) in [5.41, 5.74) is 5.84. The molecular formula is C11H21N3O2. The minimum atomic E-state index is -0.173. The maximum absolute atomic E-state index is 11.8. The number of carbonyl (C=O) groups is 2. The molecule has 0 radical (unpaired) electrons. The van der Waals surface area contributed by atoms with Gasteiger partial charge in [-0.3, -0.25) is 9.59 Å². The zero-order chi connectivity index (χ0) is 12.1. The van der Waals surface area contributed by atoms with E-state index >= 15 is 0 Å². The smallest absolute Gasteiger partial charge is 0.239 e. The number of rotatable bonds is 3. The van der Waals surface area contributed by atoms with E-state index in [0.717, 1.165) is 19.3 Å². The maximum atomic E-state index is 11.8. The number of nitrogens with two attached hydrogens (primary N) is 1. The van der Waals surface area contributed by atoms with Crippen LogP contribution in [-0.4, -0.2) is 31.4 Å². The van der Waals surface area contributed by atoms with Gasteiger partial charge in [0.05, 0.1) is 6.54 Å². The van der Waals surface area contributed by atoms with Crippen molar-refractivity contribution >= 4 is 11.8 Å². The largest absolute Gasteiger partial charge is 0.358 e. The molecule has 1 saturated carbocycles. The van der Waals surface area contributed by atoms with Crippen molar-refractivity contribution in [2.45, 2.75) is 32.2 Å². The Hall–Kier alpha value is -1.10. The second kappa shape index (κ2) is 5.84. The number of hydrogen-bond acceptors (Lipinski definition) is 3. The van der Waals surface area contributed by atoms with Crippen molar-refractivity contribution < 1.29 is 9.59 Å². The molecule has 92 valence electrons. The highest BCUT2D eigenvalue weighted by Crippen LogP contribution is 2.28. The van der Waals surface area contributed by atoms with Crippen LogP contribution in [0.15, 0.2) is 0 Å². The zero-order valence-corrected chi connectivity index (χ0v) is 9.95. The summed E-state index contributed by atoms with van der Waals surface area (Å²) in [5.74, 6) is 0.106. The lowest BCUT2D eigenvalue weighted by molar-refractivity contribution is -0.130. The van der Waals surface area contributed by atoms with Crippen molar-refractivity contribution in [3.63, 3.8) is 0 Å². The molecule has 1 fully saturated rings. The first-order chi connectivity index (χ1) is 7.54. The summed E-state index contributed by atoms with van der Waals surface area (Å²) in [7, 11) is 1.55. The third kappa shape index (κ3) is 3.48. The first kappa shape index (κ1) is 13.0. The van der Waals surface area contributed by atoms with Gasteiger partial charge in [-0.05, 0) is 25.2 Å². The molecule has 3 atom stereocenters. The predicted octanol–water partition coefficient (Wildman–Crippen LogP) is -0.388. The van der Waals surface area contributed by atoms with Gasteiger partial charge in [0, 0.05) is 19.0 Å². The van der Waals surface area contributed by atoms with Gasteiger partial charge in [0.1, 0.15) is 0 Å². The average Bonchev–Trinajstić information content (AvgIpc) is 2.25. The van der Waals surface area contributed by atoms with E-state index in [4.69, 9.17) is 5.73 Å². The minimum Gasteiger partial charge on any atom is -0.358 e. The highest BCUT2D eigenvalue weighted by atomic mass is 16.2. The SMILES string of the molecule is CNC(=O)CNC(=O)C1CCC(N)CC1C. The molecule has 1 rings (SSSR count). The van der Waals surface area contributed by atoms with Crippen LogP contribution in [0, 0.1) is 11.8 Å². The Morgan fingerprint density at radius 1 is 1.38 bits per heavy atom. The van der Waals surface area contributed by atoms with E-state index in [9.17, 15) is 9.59 Å². The van der Waals surface area contributed by atoms with Crippen LogP contribution in [0.4, 0.5) is 0 Å². The molecule has 1 aliphatic rings. The van der Waals surface area contributed by atoms with Crippen molar-refractivity contribution in [1.82, 2.24) is 10.6 Å². The average molecular weight is 227 g/mol. The molecule has 0 aliphatic heterocycles. The molecule has 0 aromatic carbocycles. The third-order valence-electron chi connectivity index (χ3n) is 3.25. The molecule has 0 aromatic rings. The van der Waals surface area contributed by atoms with Crippen molar-refractivity contribution in [3.8, 4) is 0 Å². The van der Waals surface area contributed by atoms with Gasteiger partial charge in [0.2, 0.25) is 11.8 Å². The second-order valence-electron chi connectivity index (χ2n) is 4.55. The van der Waals surface area contributed by atoms with Crippen molar-refractivity contribution in [3.05, 3.63) is 0 Å². The topological polar surface area (TPSA) is 84.2 Å². The van der Waals surface area contributed by atoms with Crippen LogP contribution < -0.4 is 16.4 Å². The lowest BCUT2D eigenvalue weighted by Crippen LogP contribution is -2.43. The number of carbonyl (C=O) groups excluding carboxylic acids is 2. The Bertz CT molecular complexity index is 268. The Kier molecular flexibility index (Phi) is 4.73. The van der Waals surface area contributed by atoms with Gasteiger partial charge >= 0.3 is 0 Å². The summed E-state index contributed by atoms with van der Waals surface area (Å²) < 4.78 is 0. The highest BCUT2D eigenvalue weighted by molar-refractivity contribution is 5.85. The second-order valence-corrected chi connectivity index (χ2v) is 4.55. The lowest BCUT2D eigenvalue weighted by Gasteiger charge is -2.31. The van der Waals surface area contributed by atoms with Gasteiger partial charge in [-0.25, -0.2) is 0 Å². The van der Waals surface area contributed by atoms with Gasteiger partial charge in [-0.1, -0.05) is 6.92 Å². The Balaban J connectivity index is 2.39. The Morgan fingerprint density at radius 3 is 2.62 bits per heavy atom. The molecule has 3 unspecified atom stereocenters. The first-order valence-electron chi connectivity index (χ1n) is 5.78. The summed E-state index contributed by atoms with van der Waals surface area (Å²) in [6.07, 6.45) is 2.60. The van der Waals surface area contributed by atoms with E-state index in [-0.39, 0.29) is 30.3 Å². The fourth-order valence-corrected chi connectivity index (χ4v) is 2.21. The van der Waals surface area contributed by atoms with Crippen molar-refractivity contribution in [2.75, 3.05) is 13.6 Å². The molecule has 5 heteroatoms.